The average molecular weight is 206 g/mol. The molecule has 1 aliphatic heterocycles. The minimum atomic E-state index is -0.392. The van der Waals surface area contributed by atoms with E-state index in [1.54, 1.807) is 28.4 Å². The second kappa shape index (κ2) is 5.63. The van der Waals surface area contributed by atoms with Crippen molar-refractivity contribution in [3.63, 3.8) is 0 Å². The summed E-state index contributed by atoms with van der Waals surface area (Å²) in [5.41, 5.74) is 0. The lowest BCUT2D eigenvalue weighted by molar-refractivity contribution is -0.276. The van der Waals surface area contributed by atoms with Gasteiger partial charge in [-0.1, -0.05) is 0 Å². The molecule has 1 saturated heterocycles. The number of methoxy groups -OCH3 is 4. The van der Waals surface area contributed by atoms with Crippen molar-refractivity contribution in [1.82, 2.24) is 0 Å². The van der Waals surface area contributed by atoms with E-state index in [-0.39, 0.29) is 18.3 Å². The molecule has 0 bridgehead atoms. The van der Waals surface area contributed by atoms with Crippen molar-refractivity contribution in [3.8, 4) is 0 Å². The van der Waals surface area contributed by atoms with Gasteiger partial charge < -0.3 is 23.7 Å². The highest BCUT2D eigenvalue weighted by Gasteiger charge is 2.41. The zero-order valence-electron chi connectivity index (χ0n) is 9.06. The van der Waals surface area contributed by atoms with Gasteiger partial charge in [0.1, 0.15) is 18.3 Å². The Morgan fingerprint density at radius 2 is 1.50 bits per heavy atom. The predicted octanol–water partition coefficient (Wildman–Crippen LogP) is 0.0341. The third-order valence-corrected chi connectivity index (χ3v) is 2.46. The van der Waals surface area contributed by atoms with Crippen LogP contribution in [0.2, 0.25) is 0 Å². The van der Waals surface area contributed by atoms with Crippen molar-refractivity contribution in [2.45, 2.75) is 24.6 Å². The van der Waals surface area contributed by atoms with Gasteiger partial charge in [-0.3, -0.25) is 0 Å². The number of hydrogen-bond donors (Lipinski definition) is 0. The first-order valence-corrected chi connectivity index (χ1v) is 4.51. The highest BCUT2D eigenvalue weighted by molar-refractivity contribution is 4.85. The first-order chi connectivity index (χ1) is 6.78. The van der Waals surface area contributed by atoms with Crippen LogP contribution in [0.1, 0.15) is 0 Å². The molecule has 5 nitrogen and oxygen atoms in total. The van der Waals surface area contributed by atoms with Crippen LogP contribution in [-0.4, -0.2) is 59.6 Å². The molecule has 1 heterocycles. The Morgan fingerprint density at radius 3 is 1.93 bits per heavy atom. The van der Waals surface area contributed by atoms with Crippen molar-refractivity contribution in [2.24, 2.45) is 0 Å². The van der Waals surface area contributed by atoms with Gasteiger partial charge in [0.05, 0.1) is 6.61 Å². The summed E-state index contributed by atoms with van der Waals surface area (Å²) in [4.78, 5) is 0. The van der Waals surface area contributed by atoms with E-state index >= 15 is 0 Å². The molecule has 0 aromatic heterocycles. The number of hydrogen-bond acceptors (Lipinski definition) is 5. The highest BCUT2D eigenvalue weighted by atomic mass is 16.7. The van der Waals surface area contributed by atoms with E-state index in [0.717, 1.165) is 0 Å². The molecule has 4 atom stereocenters. The predicted molar refractivity (Wildman–Crippen MR) is 49.1 cm³/mol. The first kappa shape index (κ1) is 11.9. The fraction of sp³-hybridized carbons (Fsp3) is 1.00. The molecule has 0 spiro atoms. The summed E-state index contributed by atoms with van der Waals surface area (Å²) in [6.07, 6.45) is -0.930. The van der Waals surface area contributed by atoms with E-state index in [9.17, 15) is 0 Å². The maximum absolute atomic E-state index is 5.41. The third-order valence-electron chi connectivity index (χ3n) is 2.46. The SMILES string of the molecule is COC1OC[C@H](OC)[C@@H](OC)[C@H]1OC. The lowest BCUT2D eigenvalue weighted by atomic mass is 10.0. The maximum atomic E-state index is 5.41. The van der Waals surface area contributed by atoms with Crippen molar-refractivity contribution in [1.29, 1.82) is 0 Å². The summed E-state index contributed by atoms with van der Waals surface area (Å²) in [5, 5.41) is 0. The molecule has 84 valence electrons. The van der Waals surface area contributed by atoms with Crippen molar-refractivity contribution in [3.05, 3.63) is 0 Å². The van der Waals surface area contributed by atoms with Gasteiger partial charge in [-0.15, -0.1) is 0 Å². The van der Waals surface area contributed by atoms with E-state index < -0.39 is 6.29 Å². The van der Waals surface area contributed by atoms with E-state index in [2.05, 4.69) is 0 Å². The Balaban J connectivity index is 2.67. The second-order valence-electron chi connectivity index (χ2n) is 3.11. The van der Waals surface area contributed by atoms with E-state index in [1.807, 2.05) is 0 Å². The summed E-state index contributed by atoms with van der Waals surface area (Å²) >= 11 is 0. The smallest absolute Gasteiger partial charge is 0.186 e. The Morgan fingerprint density at radius 1 is 0.857 bits per heavy atom. The number of rotatable bonds is 4. The van der Waals surface area contributed by atoms with Crippen LogP contribution in [0.4, 0.5) is 0 Å². The zero-order valence-corrected chi connectivity index (χ0v) is 9.06. The molecule has 0 aromatic carbocycles. The quantitative estimate of drug-likeness (QED) is 0.649. The minimum absolute atomic E-state index is 0.114. The average Bonchev–Trinajstić information content (AvgIpc) is 2.26. The van der Waals surface area contributed by atoms with Crippen molar-refractivity contribution < 1.29 is 23.7 Å². The second-order valence-corrected chi connectivity index (χ2v) is 3.11. The largest absolute Gasteiger partial charge is 0.376 e. The zero-order chi connectivity index (χ0) is 10.6. The summed E-state index contributed by atoms with van der Waals surface area (Å²) in [6.45, 7) is 0.452. The highest BCUT2D eigenvalue weighted by Crippen LogP contribution is 2.22. The molecule has 0 N–H and O–H groups in total. The first-order valence-electron chi connectivity index (χ1n) is 4.51. The molecule has 0 radical (unpaired) electrons. The normalized spacial score (nSPS) is 38.6. The summed E-state index contributed by atoms with van der Waals surface area (Å²) in [7, 11) is 6.43. The summed E-state index contributed by atoms with van der Waals surface area (Å²) in [6, 6.07) is 0. The van der Waals surface area contributed by atoms with Gasteiger partial charge in [0, 0.05) is 28.4 Å². The van der Waals surface area contributed by atoms with Crippen molar-refractivity contribution >= 4 is 0 Å². The molecular weight excluding hydrogens is 188 g/mol. The van der Waals surface area contributed by atoms with Gasteiger partial charge in [-0.25, -0.2) is 0 Å². The lowest BCUT2D eigenvalue weighted by Crippen LogP contribution is -2.55. The fourth-order valence-electron chi connectivity index (χ4n) is 1.68. The Kier molecular flexibility index (Phi) is 4.77. The van der Waals surface area contributed by atoms with Crippen LogP contribution in [0, 0.1) is 0 Å². The maximum Gasteiger partial charge on any atom is 0.186 e. The third kappa shape index (κ3) is 2.24. The molecule has 0 aliphatic carbocycles. The van der Waals surface area contributed by atoms with Crippen molar-refractivity contribution in [2.75, 3.05) is 35.0 Å². The Bertz CT molecular complexity index is 145. The standard InChI is InChI=1S/C9H18O5/c1-10-6-5-14-9(13-4)8(12-3)7(6)11-2/h6-9H,5H2,1-4H3/t6-,7+,8+,9?/m0/s1. The van der Waals surface area contributed by atoms with Gasteiger partial charge in [0.2, 0.25) is 0 Å². The van der Waals surface area contributed by atoms with Crippen LogP contribution in [0.25, 0.3) is 0 Å². The molecule has 5 heteroatoms. The molecule has 14 heavy (non-hydrogen) atoms. The molecule has 0 aromatic rings. The van der Waals surface area contributed by atoms with Gasteiger partial charge in [0.25, 0.3) is 0 Å². The molecule has 0 amide bonds. The molecular formula is C9H18O5. The van der Waals surface area contributed by atoms with Crippen LogP contribution < -0.4 is 0 Å². The van der Waals surface area contributed by atoms with Crippen LogP contribution in [0.15, 0.2) is 0 Å². The van der Waals surface area contributed by atoms with E-state index in [4.69, 9.17) is 23.7 Å². The van der Waals surface area contributed by atoms with Gasteiger partial charge in [-0.2, -0.15) is 0 Å². The topological polar surface area (TPSA) is 46.2 Å². The van der Waals surface area contributed by atoms with E-state index in [0.29, 0.717) is 6.61 Å². The lowest BCUT2D eigenvalue weighted by Gasteiger charge is -2.39. The molecule has 1 rings (SSSR count). The summed E-state index contributed by atoms with van der Waals surface area (Å²) < 4.78 is 26.4. The Hall–Kier alpha value is -0.200. The van der Waals surface area contributed by atoms with Gasteiger partial charge >= 0.3 is 0 Å². The van der Waals surface area contributed by atoms with E-state index in [1.165, 1.54) is 0 Å². The molecule has 0 saturated carbocycles. The number of ether oxygens (including phenoxy) is 5. The van der Waals surface area contributed by atoms with Gasteiger partial charge in [0.15, 0.2) is 6.29 Å². The molecule has 1 fully saturated rings. The van der Waals surface area contributed by atoms with Crippen LogP contribution in [0.5, 0.6) is 0 Å². The molecule has 1 unspecified atom stereocenters. The van der Waals surface area contributed by atoms with Crippen LogP contribution >= 0.6 is 0 Å². The van der Waals surface area contributed by atoms with Crippen LogP contribution in [0.3, 0.4) is 0 Å². The minimum Gasteiger partial charge on any atom is -0.376 e. The van der Waals surface area contributed by atoms with Gasteiger partial charge in [-0.05, 0) is 0 Å². The fourth-order valence-corrected chi connectivity index (χ4v) is 1.68. The monoisotopic (exact) mass is 206 g/mol. The summed E-state index contributed by atoms with van der Waals surface area (Å²) in [5.74, 6) is 0. The Labute approximate surface area is 84.2 Å². The van der Waals surface area contributed by atoms with Crippen LogP contribution in [-0.2, 0) is 23.7 Å². The molecule has 1 aliphatic rings.